The number of carbonyl (C=O) groups is 1. The Morgan fingerprint density at radius 2 is 2.29 bits per heavy atom. The van der Waals surface area contributed by atoms with Crippen molar-refractivity contribution >= 4 is 17.8 Å². The van der Waals surface area contributed by atoms with Crippen molar-refractivity contribution in [2.45, 2.75) is 20.3 Å². The summed E-state index contributed by atoms with van der Waals surface area (Å²) in [6, 6.07) is 0. The molecule has 0 saturated heterocycles. The maximum absolute atomic E-state index is 10.8. The number of aromatic nitrogens is 2. The third-order valence-electron chi connectivity index (χ3n) is 2.09. The first-order chi connectivity index (χ1) is 6.56. The zero-order chi connectivity index (χ0) is 10.7. The average Bonchev–Trinajstić information content (AvgIpc) is 2.39. The van der Waals surface area contributed by atoms with Crippen LogP contribution in [0.1, 0.15) is 25.2 Å². The summed E-state index contributed by atoms with van der Waals surface area (Å²) in [5.74, 6) is 0.487. The Kier molecular flexibility index (Phi) is 3.06. The highest BCUT2D eigenvalue weighted by atomic mass is 16.1. The Balaban J connectivity index is 3.08. The number of imidazole rings is 1. The number of anilines is 1. The molecular formula is C10H15N3O. The smallest absolute Gasteiger partial charge is 0.200 e. The quantitative estimate of drug-likeness (QED) is 0.733. The van der Waals surface area contributed by atoms with E-state index in [1.807, 2.05) is 18.5 Å². The number of allylic oxidation sites excluding steroid dienone is 1. The Morgan fingerprint density at radius 3 is 2.79 bits per heavy atom. The lowest BCUT2D eigenvalue weighted by Gasteiger charge is -1.99. The molecule has 0 bridgehead atoms. The van der Waals surface area contributed by atoms with Gasteiger partial charge in [0, 0.05) is 12.7 Å². The molecule has 0 unspecified atom stereocenters. The molecule has 0 radical (unpaired) electrons. The van der Waals surface area contributed by atoms with Gasteiger partial charge in [0.05, 0.1) is 5.69 Å². The van der Waals surface area contributed by atoms with E-state index < -0.39 is 0 Å². The summed E-state index contributed by atoms with van der Waals surface area (Å²) in [6.07, 6.45) is 4.05. The summed E-state index contributed by atoms with van der Waals surface area (Å²) in [5, 5.41) is 0. The molecule has 0 fully saturated rings. The first kappa shape index (κ1) is 10.5. The zero-order valence-corrected chi connectivity index (χ0v) is 8.74. The fourth-order valence-corrected chi connectivity index (χ4v) is 1.32. The van der Waals surface area contributed by atoms with E-state index >= 15 is 0 Å². The largest absolute Gasteiger partial charge is 0.369 e. The van der Waals surface area contributed by atoms with Crippen molar-refractivity contribution in [3.05, 3.63) is 17.5 Å². The highest BCUT2D eigenvalue weighted by Crippen LogP contribution is 2.14. The molecule has 4 heteroatoms. The van der Waals surface area contributed by atoms with Gasteiger partial charge in [0.15, 0.2) is 5.78 Å². The number of nitrogens with two attached hydrogens (primary N) is 1. The maximum atomic E-state index is 10.8. The van der Waals surface area contributed by atoms with Gasteiger partial charge < -0.3 is 10.3 Å². The molecule has 0 aliphatic rings. The number of carbonyl (C=O) groups excluding carboxylic acids is 1. The highest BCUT2D eigenvalue weighted by molar-refractivity contribution is 5.91. The topological polar surface area (TPSA) is 60.9 Å². The third kappa shape index (κ3) is 2.02. The van der Waals surface area contributed by atoms with E-state index in [1.54, 1.807) is 6.08 Å². The lowest BCUT2D eigenvalue weighted by atomic mass is 10.2. The van der Waals surface area contributed by atoms with Crippen LogP contribution in [0.4, 0.5) is 5.95 Å². The second-order valence-electron chi connectivity index (χ2n) is 3.16. The minimum atomic E-state index is 0.0104. The van der Waals surface area contributed by atoms with Crippen LogP contribution in [0.5, 0.6) is 0 Å². The molecule has 1 aromatic rings. The van der Waals surface area contributed by atoms with Gasteiger partial charge in [-0.25, -0.2) is 4.98 Å². The fourth-order valence-electron chi connectivity index (χ4n) is 1.32. The monoisotopic (exact) mass is 193 g/mol. The molecule has 0 aliphatic carbocycles. The van der Waals surface area contributed by atoms with E-state index in [0.717, 1.165) is 17.8 Å². The van der Waals surface area contributed by atoms with E-state index in [2.05, 4.69) is 4.98 Å². The second-order valence-corrected chi connectivity index (χ2v) is 3.16. The number of nitrogen functional groups attached to an aromatic ring is 1. The molecule has 14 heavy (non-hydrogen) atoms. The van der Waals surface area contributed by atoms with Crippen molar-refractivity contribution < 1.29 is 4.79 Å². The first-order valence-corrected chi connectivity index (χ1v) is 4.56. The van der Waals surface area contributed by atoms with E-state index in [9.17, 15) is 4.79 Å². The third-order valence-corrected chi connectivity index (χ3v) is 2.09. The fraction of sp³-hybridized carbons (Fsp3) is 0.400. The highest BCUT2D eigenvalue weighted by Gasteiger charge is 2.07. The number of rotatable bonds is 3. The van der Waals surface area contributed by atoms with Gasteiger partial charge in [-0.05, 0) is 25.5 Å². The van der Waals surface area contributed by atoms with Crippen LogP contribution in [0.25, 0.3) is 6.08 Å². The molecule has 1 heterocycles. The lowest BCUT2D eigenvalue weighted by molar-refractivity contribution is -0.112. The Labute approximate surface area is 83.4 Å². The molecule has 1 rings (SSSR count). The van der Waals surface area contributed by atoms with Crippen LogP contribution in [-0.4, -0.2) is 15.3 Å². The van der Waals surface area contributed by atoms with E-state index in [1.165, 1.54) is 13.0 Å². The standard InChI is InChI=1S/C10H15N3O/c1-4-9-8(6-5-7(2)14)12-10(11)13(9)3/h5-6H,4H2,1-3H3,(H2,11,12)/b6-5+. The van der Waals surface area contributed by atoms with Crippen molar-refractivity contribution in [1.29, 1.82) is 0 Å². The maximum Gasteiger partial charge on any atom is 0.200 e. The van der Waals surface area contributed by atoms with Crippen LogP contribution in [0.3, 0.4) is 0 Å². The summed E-state index contributed by atoms with van der Waals surface area (Å²) >= 11 is 0. The van der Waals surface area contributed by atoms with Crippen LogP contribution < -0.4 is 5.73 Å². The van der Waals surface area contributed by atoms with Crippen LogP contribution >= 0.6 is 0 Å². The summed E-state index contributed by atoms with van der Waals surface area (Å²) in [6.45, 7) is 3.54. The van der Waals surface area contributed by atoms with E-state index in [-0.39, 0.29) is 5.78 Å². The van der Waals surface area contributed by atoms with Crippen molar-refractivity contribution in [2.75, 3.05) is 5.73 Å². The van der Waals surface area contributed by atoms with Crippen molar-refractivity contribution in [3.8, 4) is 0 Å². The van der Waals surface area contributed by atoms with Gasteiger partial charge in [-0.2, -0.15) is 0 Å². The van der Waals surface area contributed by atoms with Crippen molar-refractivity contribution in [3.63, 3.8) is 0 Å². The SMILES string of the molecule is CCc1c(/C=C/C(C)=O)nc(N)n1C. The molecule has 4 nitrogen and oxygen atoms in total. The molecular weight excluding hydrogens is 178 g/mol. The van der Waals surface area contributed by atoms with Crippen LogP contribution in [-0.2, 0) is 18.3 Å². The van der Waals surface area contributed by atoms with Gasteiger partial charge in [0.1, 0.15) is 0 Å². The molecule has 0 saturated carbocycles. The molecule has 1 aromatic heterocycles. The van der Waals surface area contributed by atoms with Gasteiger partial charge in [0.2, 0.25) is 5.95 Å². The summed E-state index contributed by atoms with van der Waals surface area (Å²) in [4.78, 5) is 14.9. The molecule has 0 amide bonds. The number of hydrogen-bond acceptors (Lipinski definition) is 3. The number of nitrogens with zero attached hydrogens (tertiary/aromatic N) is 2. The zero-order valence-electron chi connectivity index (χ0n) is 8.74. The predicted molar refractivity (Wildman–Crippen MR) is 56.7 cm³/mol. The van der Waals surface area contributed by atoms with Crippen LogP contribution in [0, 0.1) is 0 Å². The number of ketones is 1. The lowest BCUT2D eigenvalue weighted by Crippen LogP contribution is -2.00. The molecule has 0 aromatic carbocycles. The predicted octanol–water partition coefficient (Wildman–Crippen LogP) is 1.17. The van der Waals surface area contributed by atoms with Crippen molar-refractivity contribution in [2.24, 2.45) is 7.05 Å². The molecule has 76 valence electrons. The number of hydrogen-bond donors (Lipinski definition) is 1. The Bertz CT molecular complexity index is 377. The van der Waals surface area contributed by atoms with Gasteiger partial charge in [-0.15, -0.1) is 0 Å². The normalized spacial score (nSPS) is 11.1. The second kappa shape index (κ2) is 4.09. The minimum absolute atomic E-state index is 0.0104. The van der Waals surface area contributed by atoms with Crippen molar-refractivity contribution in [1.82, 2.24) is 9.55 Å². The average molecular weight is 193 g/mol. The Morgan fingerprint density at radius 1 is 1.64 bits per heavy atom. The minimum Gasteiger partial charge on any atom is -0.369 e. The molecule has 0 atom stereocenters. The van der Waals surface area contributed by atoms with Gasteiger partial charge in [-0.1, -0.05) is 6.92 Å². The van der Waals surface area contributed by atoms with E-state index in [4.69, 9.17) is 5.73 Å². The first-order valence-electron chi connectivity index (χ1n) is 4.56. The van der Waals surface area contributed by atoms with E-state index in [0.29, 0.717) is 5.95 Å². The molecule has 2 N–H and O–H groups in total. The van der Waals surface area contributed by atoms with Gasteiger partial charge in [-0.3, -0.25) is 4.79 Å². The summed E-state index contributed by atoms with van der Waals surface area (Å²) in [5.41, 5.74) is 7.48. The molecule has 0 aliphatic heterocycles. The molecule has 0 spiro atoms. The van der Waals surface area contributed by atoms with Gasteiger partial charge in [0.25, 0.3) is 0 Å². The summed E-state index contributed by atoms with van der Waals surface area (Å²) in [7, 11) is 1.87. The Hall–Kier alpha value is -1.58. The summed E-state index contributed by atoms with van der Waals surface area (Å²) < 4.78 is 1.83. The van der Waals surface area contributed by atoms with Gasteiger partial charge >= 0.3 is 0 Å². The van der Waals surface area contributed by atoms with Crippen LogP contribution in [0.15, 0.2) is 6.08 Å². The van der Waals surface area contributed by atoms with Crippen LogP contribution in [0.2, 0.25) is 0 Å².